The van der Waals surface area contributed by atoms with E-state index in [1.54, 1.807) is 84.9 Å². The molecule has 0 aliphatic heterocycles. The maximum Gasteiger partial charge on any atom is 0.281 e. The molecule has 0 aliphatic rings. The predicted molar refractivity (Wildman–Crippen MR) is 120 cm³/mol. The summed E-state index contributed by atoms with van der Waals surface area (Å²) in [6.45, 7) is 0. The molecule has 32 heavy (non-hydrogen) atoms. The molecule has 4 rings (SSSR count). The summed E-state index contributed by atoms with van der Waals surface area (Å²) < 4.78 is 5.73. The Morgan fingerprint density at radius 1 is 0.906 bits per heavy atom. The summed E-state index contributed by atoms with van der Waals surface area (Å²) in [4.78, 5) is 13.0. The van der Waals surface area contributed by atoms with Crippen LogP contribution in [0.1, 0.15) is 22.5 Å². The maximum atomic E-state index is 13.0. The van der Waals surface area contributed by atoms with Crippen LogP contribution in [0, 0.1) is 11.3 Å². The molecule has 0 bridgehead atoms. The van der Waals surface area contributed by atoms with E-state index >= 15 is 0 Å². The molecule has 6 nitrogen and oxygen atoms in total. The van der Waals surface area contributed by atoms with Crippen LogP contribution in [0.5, 0.6) is 0 Å². The van der Waals surface area contributed by atoms with Gasteiger partial charge in [-0.3, -0.25) is 4.79 Å². The van der Waals surface area contributed by atoms with E-state index in [4.69, 9.17) is 9.68 Å². The number of aliphatic hydroxyl groups is 1. The van der Waals surface area contributed by atoms with Gasteiger partial charge in [0.1, 0.15) is 11.5 Å². The fourth-order valence-corrected chi connectivity index (χ4v) is 3.31. The predicted octanol–water partition coefficient (Wildman–Crippen LogP) is 4.20. The topological polar surface area (TPSA) is 98.6 Å². The Labute approximate surface area is 185 Å². The molecule has 0 atom stereocenters. The number of amides is 1. The summed E-state index contributed by atoms with van der Waals surface area (Å²) in [5, 5.41) is 24.3. The smallest absolute Gasteiger partial charge is 0.281 e. The van der Waals surface area contributed by atoms with E-state index in [0.29, 0.717) is 28.2 Å². The number of nitrogens with one attached hydrogen (secondary N) is 1. The molecule has 4 aromatic rings. The Bertz CT molecular complexity index is 1230. The second-order valence-corrected chi connectivity index (χ2v) is 7.03. The molecule has 1 heterocycles. The molecule has 0 saturated carbocycles. The van der Waals surface area contributed by atoms with E-state index < -0.39 is 11.5 Å². The third kappa shape index (κ3) is 4.19. The van der Waals surface area contributed by atoms with Gasteiger partial charge in [0.25, 0.3) is 5.91 Å². The molecular weight excluding hydrogens is 402 g/mol. The lowest BCUT2D eigenvalue weighted by molar-refractivity contribution is -0.136. The average Bonchev–Trinajstić information content (AvgIpc) is 3.33. The fraction of sp³-hybridized carbons (Fsp3) is 0.0385. The zero-order valence-corrected chi connectivity index (χ0v) is 17.0. The van der Waals surface area contributed by atoms with Crippen LogP contribution in [0.2, 0.25) is 0 Å². The van der Waals surface area contributed by atoms with E-state index in [1.165, 1.54) is 6.21 Å². The van der Waals surface area contributed by atoms with Gasteiger partial charge < -0.3 is 9.52 Å². The van der Waals surface area contributed by atoms with E-state index in [9.17, 15) is 9.90 Å². The van der Waals surface area contributed by atoms with Crippen molar-refractivity contribution in [3.05, 3.63) is 120 Å². The number of hydrazone groups is 1. The first kappa shape index (κ1) is 20.8. The molecule has 0 radical (unpaired) electrons. The van der Waals surface area contributed by atoms with Crippen LogP contribution in [-0.4, -0.2) is 17.2 Å². The van der Waals surface area contributed by atoms with Gasteiger partial charge in [-0.1, -0.05) is 60.7 Å². The first-order valence-electron chi connectivity index (χ1n) is 9.88. The number of hydrogen-bond acceptors (Lipinski definition) is 5. The number of nitrogens with zero attached hydrogens (tertiary/aromatic N) is 2. The van der Waals surface area contributed by atoms with Crippen molar-refractivity contribution in [2.24, 2.45) is 5.10 Å². The molecule has 1 amide bonds. The third-order valence-electron chi connectivity index (χ3n) is 4.99. The number of carbonyl (C=O) groups is 1. The maximum absolute atomic E-state index is 13.0. The lowest BCUT2D eigenvalue weighted by Gasteiger charge is -2.26. The highest BCUT2D eigenvalue weighted by Gasteiger charge is 2.39. The first-order chi connectivity index (χ1) is 15.6. The molecule has 2 N–H and O–H groups in total. The van der Waals surface area contributed by atoms with Gasteiger partial charge in [0, 0.05) is 5.56 Å². The monoisotopic (exact) mass is 421 g/mol. The standard InChI is InChI=1S/C26H19N3O3/c27-17-19-11-13-20(14-12-19)24-16-15-23(32-24)18-28-29-25(30)26(31,21-7-3-1-4-8-21)22-9-5-2-6-10-22/h1-16,18,31H,(H,29,30)/b28-18-. The molecule has 1 aromatic heterocycles. The van der Waals surface area contributed by atoms with Gasteiger partial charge in [0.2, 0.25) is 0 Å². The zero-order chi connectivity index (χ0) is 22.4. The molecule has 3 aromatic carbocycles. The second kappa shape index (κ2) is 9.13. The lowest BCUT2D eigenvalue weighted by Crippen LogP contribution is -2.43. The molecule has 0 spiro atoms. The van der Waals surface area contributed by atoms with Crippen molar-refractivity contribution in [2.75, 3.05) is 0 Å². The molecule has 0 fully saturated rings. The number of furan rings is 1. The van der Waals surface area contributed by atoms with Crippen LogP contribution in [0.25, 0.3) is 11.3 Å². The van der Waals surface area contributed by atoms with Gasteiger partial charge in [0.15, 0.2) is 5.60 Å². The highest BCUT2D eigenvalue weighted by atomic mass is 16.3. The minimum absolute atomic E-state index is 0.424. The minimum atomic E-state index is -1.91. The van der Waals surface area contributed by atoms with Gasteiger partial charge in [-0.05, 0) is 47.5 Å². The van der Waals surface area contributed by atoms with Crippen LogP contribution >= 0.6 is 0 Å². The molecule has 156 valence electrons. The molecule has 0 aliphatic carbocycles. The molecule has 0 unspecified atom stereocenters. The zero-order valence-electron chi connectivity index (χ0n) is 17.0. The Morgan fingerprint density at radius 2 is 1.50 bits per heavy atom. The number of hydrogen-bond donors (Lipinski definition) is 2. The number of rotatable bonds is 6. The summed E-state index contributed by atoms with van der Waals surface area (Å²) in [6.07, 6.45) is 1.36. The quantitative estimate of drug-likeness (QED) is 0.360. The van der Waals surface area contributed by atoms with Crippen molar-refractivity contribution in [1.29, 1.82) is 5.26 Å². The largest absolute Gasteiger partial charge is 0.455 e. The van der Waals surface area contributed by atoms with E-state index in [1.807, 2.05) is 12.1 Å². The van der Waals surface area contributed by atoms with Gasteiger partial charge in [-0.15, -0.1) is 0 Å². The SMILES string of the molecule is N#Cc1ccc(-c2ccc(/C=N\NC(=O)C(O)(c3ccccc3)c3ccccc3)o2)cc1. The van der Waals surface area contributed by atoms with Crippen LogP contribution in [-0.2, 0) is 10.4 Å². The van der Waals surface area contributed by atoms with Crippen molar-refractivity contribution in [2.45, 2.75) is 5.60 Å². The minimum Gasteiger partial charge on any atom is -0.455 e. The lowest BCUT2D eigenvalue weighted by atomic mass is 9.85. The summed E-state index contributed by atoms with van der Waals surface area (Å²) in [5.41, 5.74) is 2.75. The normalized spacial score (nSPS) is 11.2. The number of nitriles is 1. The highest BCUT2D eigenvalue weighted by Crippen LogP contribution is 2.30. The van der Waals surface area contributed by atoms with Crippen LogP contribution in [0.15, 0.2) is 107 Å². The first-order valence-corrected chi connectivity index (χ1v) is 9.88. The van der Waals surface area contributed by atoms with Crippen LogP contribution in [0.3, 0.4) is 0 Å². The van der Waals surface area contributed by atoms with E-state index in [-0.39, 0.29) is 0 Å². The highest BCUT2D eigenvalue weighted by molar-refractivity contribution is 5.91. The Balaban J connectivity index is 1.53. The summed E-state index contributed by atoms with van der Waals surface area (Å²) in [6, 6.07) is 30.0. The van der Waals surface area contributed by atoms with Gasteiger partial charge in [0.05, 0.1) is 17.8 Å². The summed E-state index contributed by atoms with van der Waals surface area (Å²) >= 11 is 0. The summed E-state index contributed by atoms with van der Waals surface area (Å²) in [7, 11) is 0. The second-order valence-electron chi connectivity index (χ2n) is 7.03. The van der Waals surface area contributed by atoms with E-state index in [0.717, 1.165) is 5.56 Å². The molecule has 0 saturated heterocycles. The van der Waals surface area contributed by atoms with Crippen molar-refractivity contribution < 1.29 is 14.3 Å². The van der Waals surface area contributed by atoms with Crippen molar-refractivity contribution in [3.8, 4) is 17.4 Å². The van der Waals surface area contributed by atoms with E-state index in [2.05, 4.69) is 16.6 Å². The Morgan fingerprint density at radius 3 is 2.06 bits per heavy atom. The number of benzene rings is 3. The fourth-order valence-electron chi connectivity index (χ4n) is 3.31. The van der Waals surface area contributed by atoms with Gasteiger partial charge >= 0.3 is 0 Å². The van der Waals surface area contributed by atoms with Gasteiger partial charge in [-0.25, -0.2) is 5.43 Å². The Kier molecular flexibility index (Phi) is 5.93. The van der Waals surface area contributed by atoms with Crippen molar-refractivity contribution in [1.82, 2.24) is 5.43 Å². The number of carbonyl (C=O) groups excluding carboxylic acids is 1. The van der Waals surface area contributed by atoms with Crippen molar-refractivity contribution >= 4 is 12.1 Å². The molecular formula is C26H19N3O3. The van der Waals surface area contributed by atoms with Crippen molar-refractivity contribution in [3.63, 3.8) is 0 Å². The van der Waals surface area contributed by atoms with Crippen LogP contribution in [0.4, 0.5) is 0 Å². The Hall–Kier alpha value is -4.47. The van der Waals surface area contributed by atoms with Crippen LogP contribution < -0.4 is 5.43 Å². The van der Waals surface area contributed by atoms with Gasteiger partial charge in [-0.2, -0.15) is 10.4 Å². The summed E-state index contributed by atoms with van der Waals surface area (Å²) in [5.74, 6) is 0.338. The molecule has 6 heteroatoms. The average molecular weight is 421 g/mol. The third-order valence-corrected chi connectivity index (χ3v) is 4.99.